The molecule has 174 valence electrons. The number of rotatable bonds is 9. The van der Waals surface area contributed by atoms with E-state index in [2.05, 4.69) is 33.8 Å². The number of anilines is 1. The Morgan fingerprint density at radius 3 is 2.38 bits per heavy atom. The number of halogens is 1. The van der Waals surface area contributed by atoms with Gasteiger partial charge in [-0.3, -0.25) is 9.79 Å². The van der Waals surface area contributed by atoms with Crippen LogP contribution < -0.4 is 25.0 Å². The molecule has 3 rings (SSSR count). The molecule has 0 radical (unpaired) electrons. The highest BCUT2D eigenvalue weighted by atomic mass is 127. The summed E-state index contributed by atoms with van der Waals surface area (Å²) >= 11 is 0. The van der Waals surface area contributed by atoms with Gasteiger partial charge >= 0.3 is 0 Å². The fourth-order valence-corrected chi connectivity index (χ4v) is 3.66. The predicted octanol–water partition coefficient (Wildman–Crippen LogP) is 3.75. The number of aliphatic imine (C=N–C) groups is 1. The molecular weight excluding hydrogens is 519 g/mol. The number of nitrogens with zero attached hydrogens (tertiary/aromatic N) is 2. The van der Waals surface area contributed by atoms with Crippen molar-refractivity contribution in [2.75, 3.05) is 39.3 Å². The summed E-state index contributed by atoms with van der Waals surface area (Å²) in [7, 11) is 5.06. The van der Waals surface area contributed by atoms with Gasteiger partial charge in [0.15, 0.2) is 17.5 Å². The lowest BCUT2D eigenvalue weighted by molar-refractivity contribution is -0.117. The SMILES string of the molecule is CN=C(NCCCc1ccc(OC)c(OC)c1)NCc1ccc(N2CCCC2=O)cc1.I. The molecule has 0 spiro atoms. The van der Waals surface area contributed by atoms with Gasteiger partial charge in [-0.2, -0.15) is 0 Å². The summed E-state index contributed by atoms with van der Waals surface area (Å²) in [5, 5.41) is 6.69. The number of methoxy groups -OCH3 is 2. The van der Waals surface area contributed by atoms with Crippen molar-refractivity contribution in [2.24, 2.45) is 4.99 Å². The van der Waals surface area contributed by atoms with Gasteiger partial charge in [-0.05, 0) is 54.7 Å². The molecule has 1 aliphatic rings. The summed E-state index contributed by atoms with van der Waals surface area (Å²) in [5.41, 5.74) is 3.33. The summed E-state index contributed by atoms with van der Waals surface area (Å²) < 4.78 is 10.6. The number of hydrogen-bond donors (Lipinski definition) is 2. The lowest BCUT2D eigenvalue weighted by atomic mass is 10.1. The highest BCUT2D eigenvalue weighted by Gasteiger charge is 2.21. The van der Waals surface area contributed by atoms with Crippen molar-refractivity contribution in [1.82, 2.24) is 10.6 Å². The van der Waals surface area contributed by atoms with Crippen molar-refractivity contribution in [3.8, 4) is 11.5 Å². The third-order valence-corrected chi connectivity index (χ3v) is 5.39. The van der Waals surface area contributed by atoms with Crippen LogP contribution in [0, 0.1) is 0 Å². The fraction of sp³-hybridized carbons (Fsp3) is 0.417. The molecule has 1 saturated heterocycles. The average Bonchev–Trinajstić information content (AvgIpc) is 3.24. The highest BCUT2D eigenvalue weighted by Crippen LogP contribution is 2.28. The topological polar surface area (TPSA) is 75.2 Å². The molecule has 1 heterocycles. The first-order valence-corrected chi connectivity index (χ1v) is 10.7. The molecule has 0 saturated carbocycles. The van der Waals surface area contributed by atoms with Crippen LogP contribution in [0.5, 0.6) is 11.5 Å². The van der Waals surface area contributed by atoms with E-state index in [4.69, 9.17) is 9.47 Å². The second-order valence-corrected chi connectivity index (χ2v) is 7.46. The normalized spacial score (nSPS) is 13.5. The van der Waals surface area contributed by atoms with Crippen LogP contribution in [-0.2, 0) is 17.8 Å². The number of nitrogens with one attached hydrogen (secondary N) is 2. The molecule has 1 amide bonds. The van der Waals surface area contributed by atoms with Crippen LogP contribution in [0.2, 0.25) is 0 Å². The summed E-state index contributed by atoms with van der Waals surface area (Å²) in [5.74, 6) is 2.48. The molecule has 2 aromatic carbocycles. The Morgan fingerprint density at radius 2 is 1.75 bits per heavy atom. The number of guanidine groups is 1. The number of hydrogen-bond acceptors (Lipinski definition) is 4. The largest absolute Gasteiger partial charge is 0.493 e. The molecule has 7 nitrogen and oxygen atoms in total. The number of carbonyl (C=O) groups is 1. The second kappa shape index (κ2) is 13.1. The maximum absolute atomic E-state index is 11.9. The monoisotopic (exact) mass is 552 g/mol. The Morgan fingerprint density at radius 1 is 1.03 bits per heavy atom. The van der Waals surface area contributed by atoms with E-state index >= 15 is 0 Å². The van der Waals surface area contributed by atoms with Gasteiger partial charge in [0.1, 0.15) is 0 Å². The molecule has 0 bridgehead atoms. The van der Waals surface area contributed by atoms with Crippen LogP contribution in [0.25, 0.3) is 0 Å². The molecule has 0 aliphatic carbocycles. The zero-order valence-corrected chi connectivity index (χ0v) is 21.3. The maximum atomic E-state index is 11.9. The van der Waals surface area contributed by atoms with Crippen molar-refractivity contribution < 1.29 is 14.3 Å². The van der Waals surface area contributed by atoms with E-state index in [1.807, 2.05) is 29.2 Å². The minimum atomic E-state index is 0. The van der Waals surface area contributed by atoms with Crippen LogP contribution >= 0.6 is 24.0 Å². The molecule has 0 unspecified atom stereocenters. The molecular formula is C24H33IN4O3. The molecule has 2 N–H and O–H groups in total. The standard InChI is InChI=1S/C24H32N4O3.HI/c1-25-24(26-14-4-6-18-10-13-21(30-2)22(16-18)31-3)27-17-19-8-11-20(12-9-19)28-15-5-7-23(28)29;/h8-13,16H,4-7,14-15,17H2,1-3H3,(H2,25,26,27);1H. The van der Waals surface area contributed by atoms with Crippen molar-refractivity contribution in [2.45, 2.75) is 32.2 Å². The Bertz CT molecular complexity index is 903. The van der Waals surface area contributed by atoms with Crippen LogP contribution in [0.1, 0.15) is 30.4 Å². The van der Waals surface area contributed by atoms with E-state index in [9.17, 15) is 4.79 Å². The zero-order chi connectivity index (χ0) is 22.1. The summed E-state index contributed by atoms with van der Waals surface area (Å²) in [6, 6.07) is 14.2. The zero-order valence-electron chi connectivity index (χ0n) is 19.0. The van der Waals surface area contributed by atoms with Crippen LogP contribution in [-0.4, -0.2) is 46.2 Å². The van der Waals surface area contributed by atoms with Gasteiger partial charge in [0.05, 0.1) is 14.2 Å². The van der Waals surface area contributed by atoms with Crippen molar-refractivity contribution >= 4 is 41.5 Å². The highest BCUT2D eigenvalue weighted by molar-refractivity contribution is 14.0. The molecule has 1 aliphatic heterocycles. The summed E-state index contributed by atoms with van der Waals surface area (Å²) in [6.45, 7) is 2.30. The van der Waals surface area contributed by atoms with Gasteiger partial charge in [-0.1, -0.05) is 18.2 Å². The van der Waals surface area contributed by atoms with Gasteiger partial charge in [0.25, 0.3) is 0 Å². The van der Waals surface area contributed by atoms with Gasteiger partial charge in [-0.25, -0.2) is 0 Å². The first-order chi connectivity index (χ1) is 15.1. The summed E-state index contributed by atoms with van der Waals surface area (Å²) in [4.78, 5) is 18.0. The van der Waals surface area contributed by atoms with Crippen molar-refractivity contribution in [3.05, 3.63) is 53.6 Å². The Kier molecular flexibility index (Phi) is 10.6. The lowest BCUT2D eigenvalue weighted by Crippen LogP contribution is -2.37. The minimum Gasteiger partial charge on any atom is -0.493 e. The van der Waals surface area contributed by atoms with E-state index in [0.717, 1.165) is 61.1 Å². The molecule has 1 fully saturated rings. The van der Waals surface area contributed by atoms with E-state index in [0.29, 0.717) is 13.0 Å². The Labute approximate surface area is 207 Å². The maximum Gasteiger partial charge on any atom is 0.227 e. The summed E-state index contributed by atoms with van der Waals surface area (Å²) in [6.07, 6.45) is 3.49. The van der Waals surface area contributed by atoms with Gasteiger partial charge in [0.2, 0.25) is 5.91 Å². The Hall–Kier alpha value is -2.49. The third kappa shape index (κ3) is 7.01. The van der Waals surface area contributed by atoms with Crippen molar-refractivity contribution in [3.63, 3.8) is 0 Å². The number of aryl methyl sites for hydroxylation is 1. The first-order valence-electron chi connectivity index (χ1n) is 10.7. The van der Waals surface area contributed by atoms with Gasteiger partial charge in [-0.15, -0.1) is 24.0 Å². The Balaban J connectivity index is 0.00000363. The molecule has 8 heteroatoms. The first kappa shape index (κ1) is 25.8. The number of amides is 1. The molecule has 0 aromatic heterocycles. The lowest BCUT2D eigenvalue weighted by Gasteiger charge is -2.16. The van der Waals surface area contributed by atoms with Crippen LogP contribution in [0.15, 0.2) is 47.5 Å². The number of benzene rings is 2. The second-order valence-electron chi connectivity index (χ2n) is 7.46. The van der Waals surface area contributed by atoms with E-state index < -0.39 is 0 Å². The van der Waals surface area contributed by atoms with E-state index in [-0.39, 0.29) is 29.9 Å². The molecule has 0 atom stereocenters. The number of carbonyl (C=O) groups excluding carboxylic acids is 1. The molecule has 2 aromatic rings. The van der Waals surface area contributed by atoms with Crippen molar-refractivity contribution in [1.29, 1.82) is 0 Å². The third-order valence-electron chi connectivity index (χ3n) is 5.39. The quantitative estimate of drug-likeness (QED) is 0.215. The fourth-order valence-electron chi connectivity index (χ4n) is 3.66. The van der Waals surface area contributed by atoms with Gasteiger partial charge in [0, 0.05) is 38.8 Å². The van der Waals surface area contributed by atoms with E-state index in [1.54, 1.807) is 21.3 Å². The average molecular weight is 552 g/mol. The number of ether oxygens (including phenoxy) is 2. The van der Waals surface area contributed by atoms with Gasteiger partial charge < -0.3 is 25.0 Å². The van der Waals surface area contributed by atoms with Crippen LogP contribution in [0.3, 0.4) is 0 Å². The smallest absolute Gasteiger partial charge is 0.227 e. The molecule has 32 heavy (non-hydrogen) atoms. The minimum absolute atomic E-state index is 0. The van der Waals surface area contributed by atoms with E-state index in [1.165, 1.54) is 5.56 Å². The predicted molar refractivity (Wildman–Crippen MR) is 140 cm³/mol. The van der Waals surface area contributed by atoms with Crippen LogP contribution in [0.4, 0.5) is 5.69 Å².